The quantitative estimate of drug-likeness (QED) is 0.349. The number of nitrogens with zero attached hydrogens (tertiary/aromatic N) is 3. The van der Waals surface area contributed by atoms with E-state index in [0.29, 0.717) is 11.2 Å². The van der Waals surface area contributed by atoms with Gasteiger partial charge in [0.15, 0.2) is 0 Å². The molecule has 158 valence electrons. The van der Waals surface area contributed by atoms with Gasteiger partial charge in [-0.05, 0) is 61.0 Å². The fraction of sp³-hybridized carbons (Fsp3) is 0.0370. The Morgan fingerprint density at radius 2 is 1.73 bits per heavy atom. The SMILES string of the molecule is Cc1ccc(-c2nc3[nH]c(=O)c(-c4cccnc4)cc3cc2-c2ccc3ncccc3c2)s1. The molecule has 0 fully saturated rings. The summed E-state index contributed by atoms with van der Waals surface area (Å²) in [7, 11) is 0. The molecule has 0 spiro atoms. The number of aromatic amines is 1. The number of aryl methyl sites for hydroxylation is 1. The molecule has 0 amide bonds. The second-order valence-corrected chi connectivity index (χ2v) is 9.19. The van der Waals surface area contributed by atoms with Crippen molar-refractivity contribution in [3.8, 4) is 32.8 Å². The lowest BCUT2D eigenvalue weighted by atomic mass is 9.99. The summed E-state index contributed by atoms with van der Waals surface area (Å²) in [5.74, 6) is 0. The van der Waals surface area contributed by atoms with Crippen molar-refractivity contribution in [2.24, 2.45) is 0 Å². The maximum absolute atomic E-state index is 12.9. The molecule has 0 bridgehead atoms. The topological polar surface area (TPSA) is 71.5 Å². The Bertz CT molecular complexity index is 1700. The zero-order chi connectivity index (χ0) is 22.4. The molecular weight excluding hydrogens is 428 g/mol. The molecule has 5 nitrogen and oxygen atoms in total. The van der Waals surface area contributed by atoms with Gasteiger partial charge in [0.25, 0.3) is 5.56 Å². The zero-order valence-corrected chi connectivity index (χ0v) is 18.6. The van der Waals surface area contributed by atoms with Gasteiger partial charge in [-0.1, -0.05) is 18.2 Å². The average molecular weight is 447 g/mol. The number of aromatic nitrogens is 4. The van der Waals surface area contributed by atoms with Gasteiger partial charge in [-0.2, -0.15) is 0 Å². The predicted molar refractivity (Wildman–Crippen MR) is 134 cm³/mol. The summed E-state index contributed by atoms with van der Waals surface area (Å²) in [6.07, 6.45) is 5.20. The average Bonchev–Trinajstić information content (AvgIpc) is 3.29. The molecule has 1 aromatic carbocycles. The maximum Gasteiger partial charge on any atom is 0.257 e. The first kappa shape index (κ1) is 19.5. The molecule has 6 heteroatoms. The van der Waals surface area contributed by atoms with Crippen molar-refractivity contribution < 1.29 is 0 Å². The van der Waals surface area contributed by atoms with Gasteiger partial charge < -0.3 is 4.98 Å². The Morgan fingerprint density at radius 1 is 0.848 bits per heavy atom. The van der Waals surface area contributed by atoms with Crippen LogP contribution in [0.2, 0.25) is 0 Å². The molecule has 1 N–H and O–H groups in total. The summed E-state index contributed by atoms with van der Waals surface area (Å²) in [4.78, 5) is 31.7. The summed E-state index contributed by atoms with van der Waals surface area (Å²) >= 11 is 1.69. The lowest BCUT2D eigenvalue weighted by molar-refractivity contribution is 1.23. The summed E-state index contributed by atoms with van der Waals surface area (Å²) in [6, 6.07) is 22.2. The lowest BCUT2D eigenvalue weighted by Gasteiger charge is -2.12. The standard InChI is InChI=1S/C27H18N4OS/c1-16-6-9-24(33-16)25-21(17-7-8-23-18(12-17)4-3-11-29-23)13-20-14-22(19-5-2-10-28-15-19)27(32)31-26(20)30-25/h2-15H,1H3,(H,30,31,32). The van der Waals surface area contributed by atoms with Crippen LogP contribution < -0.4 is 5.56 Å². The van der Waals surface area contributed by atoms with E-state index in [9.17, 15) is 4.79 Å². The molecule has 6 aromatic rings. The minimum absolute atomic E-state index is 0.180. The minimum atomic E-state index is -0.180. The molecule has 0 saturated heterocycles. The van der Waals surface area contributed by atoms with E-state index in [1.165, 1.54) is 4.88 Å². The van der Waals surface area contributed by atoms with Crippen molar-refractivity contribution in [1.82, 2.24) is 19.9 Å². The Labute approximate surface area is 193 Å². The van der Waals surface area contributed by atoms with Gasteiger partial charge in [0.05, 0.1) is 16.1 Å². The van der Waals surface area contributed by atoms with Crippen LogP contribution in [0.25, 0.3) is 54.8 Å². The van der Waals surface area contributed by atoms with Gasteiger partial charge in [0.2, 0.25) is 0 Å². The number of hydrogen-bond donors (Lipinski definition) is 1. The fourth-order valence-electron chi connectivity index (χ4n) is 4.08. The van der Waals surface area contributed by atoms with Crippen molar-refractivity contribution in [3.05, 3.63) is 101 Å². The molecule has 5 heterocycles. The van der Waals surface area contributed by atoms with E-state index in [4.69, 9.17) is 4.98 Å². The number of pyridine rings is 4. The van der Waals surface area contributed by atoms with Gasteiger partial charge in [-0.3, -0.25) is 14.8 Å². The van der Waals surface area contributed by atoms with Gasteiger partial charge in [-0.15, -0.1) is 11.3 Å². The van der Waals surface area contributed by atoms with Crippen LogP contribution >= 0.6 is 11.3 Å². The Hall–Kier alpha value is -4.16. The van der Waals surface area contributed by atoms with E-state index in [2.05, 4.69) is 58.3 Å². The summed E-state index contributed by atoms with van der Waals surface area (Å²) in [6.45, 7) is 2.08. The van der Waals surface area contributed by atoms with Crippen LogP contribution in [0, 0.1) is 6.92 Å². The normalized spacial score (nSPS) is 11.3. The highest BCUT2D eigenvalue weighted by Crippen LogP contribution is 2.37. The summed E-state index contributed by atoms with van der Waals surface area (Å²) < 4.78 is 0. The molecule has 0 aliphatic heterocycles. The van der Waals surface area contributed by atoms with Gasteiger partial charge >= 0.3 is 0 Å². The first-order valence-electron chi connectivity index (χ1n) is 10.6. The summed E-state index contributed by atoms with van der Waals surface area (Å²) in [5, 5.41) is 1.94. The highest BCUT2D eigenvalue weighted by Gasteiger charge is 2.16. The zero-order valence-electron chi connectivity index (χ0n) is 17.7. The van der Waals surface area contributed by atoms with Gasteiger partial charge in [0, 0.05) is 50.9 Å². The third kappa shape index (κ3) is 3.50. The van der Waals surface area contributed by atoms with Crippen molar-refractivity contribution in [2.45, 2.75) is 6.92 Å². The van der Waals surface area contributed by atoms with Crippen LogP contribution in [0.4, 0.5) is 0 Å². The molecule has 5 aromatic heterocycles. The van der Waals surface area contributed by atoms with Crippen LogP contribution in [0.15, 0.2) is 90.1 Å². The number of hydrogen-bond acceptors (Lipinski definition) is 5. The van der Waals surface area contributed by atoms with Crippen molar-refractivity contribution in [2.75, 3.05) is 0 Å². The molecule has 0 aliphatic rings. The van der Waals surface area contributed by atoms with Crippen molar-refractivity contribution in [1.29, 1.82) is 0 Å². The second kappa shape index (κ2) is 7.76. The first-order valence-corrected chi connectivity index (χ1v) is 11.4. The smallest absolute Gasteiger partial charge is 0.257 e. The highest BCUT2D eigenvalue weighted by atomic mass is 32.1. The van der Waals surface area contributed by atoms with E-state index in [-0.39, 0.29) is 5.56 Å². The number of nitrogens with one attached hydrogen (secondary N) is 1. The lowest BCUT2D eigenvalue weighted by Crippen LogP contribution is -2.10. The van der Waals surface area contributed by atoms with Crippen LogP contribution in [0.1, 0.15) is 4.88 Å². The van der Waals surface area contributed by atoms with E-state index in [1.54, 1.807) is 29.9 Å². The molecule has 0 unspecified atom stereocenters. The van der Waals surface area contributed by atoms with Crippen LogP contribution in [-0.2, 0) is 0 Å². The second-order valence-electron chi connectivity index (χ2n) is 7.90. The minimum Gasteiger partial charge on any atom is -0.306 e. The van der Waals surface area contributed by atoms with Crippen molar-refractivity contribution >= 4 is 33.3 Å². The van der Waals surface area contributed by atoms with E-state index >= 15 is 0 Å². The number of rotatable bonds is 3. The summed E-state index contributed by atoms with van der Waals surface area (Å²) in [5.41, 5.74) is 5.61. The Morgan fingerprint density at radius 3 is 2.55 bits per heavy atom. The highest BCUT2D eigenvalue weighted by molar-refractivity contribution is 7.15. The monoisotopic (exact) mass is 446 g/mol. The van der Waals surface area contributed by atoms with E-state index in [1.807, 2.05) is 30.3 Å². The number of benzene rings is 1. The molecule has 0 radical (unpaired) electrons. The fourth-order valence-corrected chi connectivity index (χ4v) is 4.96. The van der Waals surface area contributed by atoms with E-state index in [0.717, 1.165) is 43.6 Å². The van der Waals surface area contributed by atoms with Gasteiger partial charge in [0.1, 0.15) is 5.65 Å². The molecule has 0 atom stereocenters. The third-order valence-corrected chi connectivity index (χ3v) is 6.70. The van der Waals surface area contributed by atoms with Crippen molar-refractivity contribution in [3.63, 3.8) is 0 Å². The molecule has 0 saturated carbocycles. The number of fused-ring (bicyclic) bond motifs is 2. The van der Waals surface area contributed by atoms with Gasteiger partial charge in [-0.25, -0.2) is 4.98 Å². The third-order valence-electron chi connectivity index (χ3n) is 5.69. The number of thiophene rings is 1. The maximum atomic E-state index is 12.9. The Kier molecular flexibility index (Phi) is 4.59. The van der Waals surface area contributed by atoms with Crippen LogP contribution in [-0.4, -0.2) is 19.9 Å². The van der Waals surface area contributed by atoms with Crippen LogP contribution in [0.5, 0.6) is 0 Å². The Balaban J connectivity index is 1.63. The first-order chi connectivity index (χ1) is 16.2. The van der Waals surface area contributed by atoms with Crippen LogP contribution in [0.3, 0.4) is 0 Å². The molecule has 6 rings (SSSR count). The molecular formula is C27H18N4OS. The largest absolute Gasteiger partial charge is 0.306 e. The molecule has 0 aliphatic carbocycles. The number of H-pyrrole nitrogens is 1. The predicted octanol–water partition coefficient (Wildman–Crippen LogP) is 6.24. The molecule has 33 heavy (non-hydrogen) atoms. The van der Waals surface area contributed by atoms with E-state index < -0.39 is 0 Å².